The van der Waals surface area contributed by atoms with Crippen molar-refractivity contribution >= 4 is 0 Å². The molecule has 1 unspecified atom stereocenters. The predicted molar refractivity (Wildman–Crippen MR) is 79.3 cm³/mol. The van der Waals surface area contributed by atoms with Gasteiger partial charge in [-0.15, -0.1) is 0 Å². The number of nitrogens with one attached hydrogen (secondary N) is 1. The number of rotatable bonds is 5. The van der Waals surface area contributed by atoms with Gasteiger partial charge in [0, 0.05) is 23.7 Å². The van der Waals surface area contributed by atoms with Crippen LogP contribution in [-0.4, -0.2) is 7.11 Å². The number of aryl methyl sites for hydroxylation is 1. The van der Waals surface area contributed by atoms with E-state index in [0.717, 1.165) is 16.9 Å². The second-order valence-electron chi connectivity index (χ2n) is 5.05. The van der Waals surface area contributed by atoms with Gasteiger partial charge in [-0.3, -0.25) is 0 Å². The van der Waals surface area contributed by atoms with Crippen LogP contribution in [0.2, 0.25) is 0 Å². The highest BCUT2D eigenvalue weighted by atomic mass is 19.1. The van der Waals surface area contributed by atoms with Crippen molar-refractivity contribution in [1.82, 2.24) is 5.32 Å². The molecule has 0 aliphatic rings. The average Bonchev–Trinajstić information content (AvgIpc) is 2.45. The standard InChI is InChI=1S/C17H19F2NO/c1-11-7-8-16(21-3)13(9-11)10-20-12(2)17-14(18)5-4-6-15(17)19/h4-9,12,20H,10H2,1-3H3. The Morgan fingerprint density at radius 2 is 1.81 bits per heavy atom. The highest BCUT2D eigenvalue weighted by Gasteiger charge is 2.16. The summed E-state index contributed by atoms with van der Waals surface area (Å²) in [7, 11) is 1.61. The van der Waals surface area contributed by atoms with Crippen molar-refractivity contribution in [2.24, 2.45) is 0 Å². The van der Waals surface area contributed by atoms with Gasteiger partial charge in [-0.05, 0) is 32.0 Å². The number of halogens is 2. The van der Waals surface area contributed by atoms with E-state index in [1.54, 1.807) is 14.0 Å². The molecule has 0 aliphatic heterocycles. The molecule has 1 atom stereocenters. The zero-order chi connectivity index (χ0) is 15.4. The second kappa shape index (κ2) is 6.68. The van der Waals surface area contributed by atoms with Crippen LogP contribution >= 0.6 is 0 Å². The Kier molecular flexibility index (Phi) is 4.91. The van der Waals surface area contributed by atoms with Gasteiger partial charge < -0.3 is 10.1 Å². The van der Waals surface area contributed by atoms with Gasteiger partial charge in [-0.25, -0.2) is 8.78 Å². The molecule has 2 rings (SSSR count). The summed E-state index contributed by atoms with van der Waals surface area (Å²) in [5, 5.41) is 3.14. The quantitative estimate of drug-likeness (QED) is 0.894. The van der Waals surface area contributed by atoms with E-state index in [0.29, 0.717) is 6.54 Å². The molecule has 4 heteroatoms. The Morgan fingerprint density at radius 1 is 1.14 bits per heavy atom. The van der Waals surface area contributed by atoms with Gasteiger partial charge in [-0.1, -0.05) is 23.8 Å². The summed E-state index contributed by atoms with van der Waals surface area (Å²) in [6, 6.07) is 9.31. The Balaban J connectivity index is 2.14. The first-order valence-electron chi connectivity index (χ1n) is 6.83. The van der Waals surface area contributed by atoms with Crippen LogP contribution in [0.25, 0.3) is 0 Å². The number of benzene rings is 2. The summed E-state index contributed by atoms with van der Waals surface area (Å²) in [4.78, 5) is 0. The fourth-order valence-electron chi connectivity index (χ4n) is 2.34. The molecule has 0 radical (unpaired) electrons. The third-order valence-corrected chi connectivity index (χ3v) is 3.47. The summed E-state index contributed by atoms with van der Waals surface area (Å²) in [6.45, 7) is 4.20. The van der Waals surface area contributed by atoms with E-state index in [4.69, 9.17) is 4.74 Å². The van der Waals surface area contributed by atoms with E-state index in [9.17, 15) is 8.78 Å². The molecule has 0 aromatic heterocycles. The zero-order valence-electron chi connectivity index (χ0n) is 12.4. The summed E-state index contributed by atoms with van der Waals surface area (Å²) in [5.74, 6) is -0.313. The zero-order valence-corrected chi connectivity index (χ0v) is 12.4. The lowest BCUT2D eigenvalue weighted by Gasteiger charge is -2.17. The first-order valence-corrected chi connectivity index (χ1v) is 6.83. The number of methoxy groups -OCH3 is 1. The summed E-state index contributed by atoms with van der Waals surface area (Å²) < 4.78 is 32.8. The number of hydrogen-bond donors (Lipinski definition) is 1. The maximum absolute atomic E-state index is 13.7. The fraction of sp³-hybridized carbons (Fsp3) is 0.294. The first kappa shape index (κ1) is 15.4. The van der Waals surface area contributed by atoms with Crippen molar-refractivity contribution in [3.05, 3.63) is 64.7 Å². The molecular formula is C17H19F2NO. The molecule has 0 spiro atoms. The minimum atomic E-state index is -0.536. The van der Waals surface area contributed by atoms with E-state index in [1.807, 2.05) is 25.1 Å². The monoisotopic (exact) mass is 291 g/mol. The van der Waals surface area contributed by atoms with Gasteiger partial charge >= 0.3 is 0 Å². The van der Waals surface area contributed by atoms with Crippen LogP contribution in [0, 0.1) is 18.6 Å². The van der Waals surface area contributed by atoms with E-state index in [1.165, 1.54) is 18.2 Å². The lowest BCUT2D eigenvalue weighted by molar-refractivity contribution is 0.404. The van der Waals surface area contributed by atoms with Crippen LogP contribution in [0.1, 0.15) is 29.7 Å². The summed E-state index contributed by atoms with van der Waals surface area (Å²) >= 11 is 0. The fourth-order valence-corrected chi connectivity index (χ4v) is 2.34. The van der Waals surface area contributed by atoms with Gasteiger partial charge in [0.1, 0.15) is 17.4 Å². The molecule has 0 saturated heterocycles. The maximum atomic E-state index is 13.7. The van der Waals surface area contributed by atoms with Crippen LogP contribution in [-0.2, 0) is 6.54 Å². The van der Waals surface area contributed by atoms with Gasteiger partial charge in [0.05, 0.1) is 7.11 Å². The third-order valence-electron chi connectivity index (χ3n) is 3.47. The molecule has 0 amide bonds. The first-order chi connectivity index (χ1) is 10.0. The van der Waals surface area contributed by atoms with Gasteiger partial charge in [-0.2, -0.15) is 0 Å². The van der Waals surface area contributed by atoms with Gasteiger partial charge in [0.25, 0.3) is 0 Å². The summed E-state index contributed by atoms with van der Waals surface area (Å²) in [5.41, 5.74) is 2.13. The van der Waals surface area contributed by atoms with Crippen LogP contribution in [0.3, 0.4) is 0 Å². The SMILES string of the molecule is COc1ccc(C)cc1CNC(C)c1c(F)cccc1F. The predicted octanol–water partition coefficient (Wildman–Crippen LogP) is 4.13. The molecule has 2 nitrogen and oxygen atoms in total. The minimum Gasteiger partial charge on any atom is -0.496 e. The lowest BCUT2D eigenvalue weighted by atomic mass is 10.1. The third kappa shape index (κ3) is 3.58. The Hall–Kier alpha value is -1.94. The van der Waals surface area contributed by atoms with Crippen molar-refractivity contribution in [2.75, 3.05) is 7.11 Å². The van der Waals surface area contributed by atoms with Crippen LogP contribution < -0.4 is 10.1 Å². The van der Waals surface area contributed by atoms with E-state index in [2.05, 4.69) is 5.32 Å². The molecule has 0 aliphatic carbocycles. The molecule has 1 N–H and O–H groups in total. The van der Waals surface area contributed by atoms with Crippen molar-refractivity contribution in [2.45, 2.75) is 26.4 Å². The molecule has 2 aromatic carbocycles. The Bertz CT molecular complexity index is 608. The highest BCUT2D eigenvalue weighted by Crippen LogP contribution is 2.23. The molecule has 112 valence electrons. The van der Waals surface area contributed by atoms with Gasteiger partial charge in [0.2, 0.25) is 0 Å². The Morgan fingerprint density at radius 3 is 2.43 bits per heavy atom. The van der Waals surface area contributed by atoms with Crippen molar-refractivity contribution in [1.29, 1.82) is 0 Å². The molecule has 0 saturated carbocycles. The molecule has 2 aromatic rings. The second-order valence-corrected chi connectivity index (χ2v) is 5.05. The smallest absolute Gasteiger partial charge is 0.130 e. The van der Waals surface area contributed by atoms with Crippen molar-refractivity contribution in [3.63, 3.8) is 0 Å². The number of hydrogen-bond acceptors (Lipinski definition) is 2. The normalized spacial score (nSPS) is 12.2. The molecule has 21 heavy (non-hydrogen) atoms. The van der Waals surface area contributed by atoms with E-state index >= 15 is 0 Å². The van der Waals surface area contributed by atoms with Crippen molar-refractivity contribution in [3.8, 4) is 5.75 Å². The maximum Gasteiger partial charge on any atom is 0.130 e. The Labute approximate surface area is 123 Å². The van der Waals surface area contributed by atoms with Crippen LogP contribution in [0.15, 0.2) is 36.4 Å². The lowest BCUT2D eigenvalue weighted by Crippen LogP contribution is -2.20. The molecule has 0 bridgehead atoms. The van der Waals surface area contributed by atoms with Gasteiger partial charge in [0.15, 0.2) is 0 Å². The van der Waals surface area contributed by atoms with E-state index in [-0.39, 0.29) is 5.56 Å². The topological polar surface area (TPSA) is 21.3 Å². The number of ether oxygens (including phenoxy) is 1. The largest absolute Gasteiger partial charge is 0.496 e. The van der Waals surface area contributed by atoms with E-state index < -0.39 is 17.7 Å². The van der Waals surface area contributed by atoms with Crippen LogP contribution in [0.4, 0.5) is 8.78 Å². The molecule has 0 heterocycles. The van der Waals surface area contributed by atoms with Crippen LogP contribution in [0.5, 0.6) is 5.75 Å². The molecule has 0 fully saturated rings. The summed E-state index contributed by atoms with van der Waals surface area (Å²) in [6.07, 6.45) is 0. The van der Waals surface area contributed by atoms with Crippen molar-refractivity contribution < 1.29 is 13.5 Å². The average molecular weight is 291 g/mol. The highest BCUT2D eigenvalue weighted by molar-refractivity contribution is 5.37. The molecular weight excluding hydrogens is 272 g/mol. The minimum absolute atomic E-state index is 0.0594.